The van der Waals surface area contributed by atoms with Gasteiger partial charge >= 0.3 is 0 Å². The predicted molar refractivity (Wildman–Crippen MR) is 88.5 cm³/mol. The van der Waals surface area contributed by atoms with Gasteiger partial charge in [0.25, 0.3) is 0 Å². The van der Waals surface area contributed by atoms with Crippen molar-refractivity contribution in [3.05, 3.63) is 46.7 Å². The molecule has 1 fully saturated rings. The standard InChI is InChI=1S/C16H15BrN2O3S/c17-10-5-12(8-18-7-10)23(20,21)11-1-2-14-13-3-4-19-15(13)9-22-16(14)6-11/h1-2,5-8,13,15,19H,3-4,9H2. The molecule has 3 heterocycles. The van der Waals surface area contributed by atoms with E-state index in [9.17, 15) is 8.42 Å². The quantitative estimate of drug-likeness (QED) is 0.847. The fraction of sp³-hybridized carbons (Fsp3) is 0.312. The number of benzene rings is 1. The molecule has 1 aromatic carbocycles. The van der Waals surface area contributed by atoms with Crippen molar-refractivity contribution in [1.29, 1.82) is 0 Å². The molecule has 7 heteroatoms. The summed E-state index contributed by atoms with van der Waals surface area (Å²) < 4.78 is 32.0. The fourth-order valence-corrected chi connectivity index (χ4v) is 5.06. The van der Waals surface area contributed by atoms with E-state index in [0.717, 1.165) is 18.5 Å². The molecule has 0 spiro atoms. The molecule has 23 heavy (non-hydrogen) atoms. The van der Waals surface area contributed by atoms with Crippen molar-refractivity contribution in [1.82, 2.24) is 10.3 Å². The van der Waals surface area contributed by atoms with Crippen LogP contribution >= 0.6 is 15.9 Å². The average Bonchev–Trinajstić information content (AvgIpc) is 3.03. The Hall–Kier alpha value is -1.44. The number of halogens is 1. The number of hydrogen-bond donors (Lipinski definition) is 1. The van der Waals surface area contributed by atoms with Gasteiger partial charge in [-0.25, -0.2) is 8.42 Å². The lowest BCUT2D eigenvalue weighted by atomic mass is 9.90. The van der Waals surface area contributed by atoms with Crippen LogP contribution in [0.2, 0.25) is 0 Å². The molecule has 2 aromatic rings. The van der Waals surface area contributed by atoms with Crippen molar-refractivity contribution in [3.63, 3.8) is 0 Å². The molecule has 0 bridgehead atoms. The molecule has 0 amide bonds. The Morgan fingerprint density at radius 2 is 2.09 bits per heavy atom. The lowest BCUT2D eigenvalue weighted by molar-refractivity contribution is 0.238. The highest BCUT2D eigenvalue weighted by molar-refractivity contribution is 9.10. The normalized spacial score (nSPS) is 23.0. The summed E-state index contributed by atoms with van der Waals surface area (Å²) in [6, 6.07) is 7.08. The molecular weight excluding hydrogens is 380 g/mol. The Morgan fingerprint density at radius 1 is 1.22 bits per heavy atom. The highest BCUT2D eigenvalue weighted by Crippen LogP contribution is 2.40. The number of aromatic nitrogens is 1. The topological polar surface area (TPSA) is 68.3 Å². The zero-order chi connectivity index (χ0) is 16.0. The van der Waals surface area contributed by atoms with Crippen LogP contribution in [0, 0.1) is 0 Å². The van der Waals surface area contributed by atoms with Crippen molar-refractivity contribution >= 4 is 25.8 Å². The number of pyridine rings is 1. The van der Waals surface area contributed by atoms with E-state index in [2.05, 4.69) is 26.2 Å². The summed E-state index contributed by atoms with van der Waals surface area (Å²) >= 11 is 3.26. The molecule has 120 valence electrons. The summed E-state index contributed by atoms with van der Waals surface area (Å²) in [6.45, 7) is 1.56. The van der Waals surface area contributed by atoms with E-state index in [0.29, 0.717) is 28.8 Å². The number of hydrogen-bond acceptors (Lipinski definition) is 5. The van der Waals surface area contributed by atoms with E-state index in [4.69, 9.17) is 4.74 Å². The van der Waals surface area contributed by atoms with E-state index < -0.39 is 9.84 Å². The summed E-state index contributed by atoms with van der Waals surface area (Å²) in [5.41, 5.74) is 1.09. The molecular formula is C16H15BrN2O3S. The van der Waals surface area contributed by atoms with Gasteiger partial charge in [0.1, 0.15) is 12.4 Å². The van der Waals surface area contributed by atoms with Gasteiger partial charge in [-0.1, -0.05) is 6.07 Å². The van der Waals surface area contributed by atoms with Crippen molar-refractivity contribution in [2.24, 2.45) is 0 Å². The zero-order valence-electron chi connectivity index (χ0n) is 12.2. The maximum Gasteiger partial charge on any atom is 0.208 e. The van der Waals surface area contributed by atoms with Gasteiger partial charge in [0.15, 0.2) is 0 Å². The molecule has 4 rings (SSSR count). The van der Waals surface area contributed by atoms with Gasteiger partial charge in [0, 0.05) is 28.8 Å². The molecule has 0 aliphatic carbocycles. The third-order valence-corrected chi connectivity index (χ3v) is 6.60. The van der Waals surface area contributed by atoms with E-state index in [1.807, 2.05) is 6.07 Å². The molecule has 1 saturated heterocycles. The minimum Gasteiger partial charge on any atom is -0.492 e. The van der Waals surface area contributed by atoms with Crippen LogP contribution in [-0.2, 0) is 9.84 Å². The van der Waals surface area contributed by atoms with Crippen molar-refractivity contribution in [2.75, 3.05) is 13.2 Å². The van der Waals surface area contributed by atoms with Gasteiger partial charge < -0.3 is 10.1 Å². The Morgan fingerprint density at radius 3 is 2.91 bits per heavy atom. The first-order valence-electron chi connectivity index (χ1n) is 7.41. The highest BCUT2D eigenvalue weighted by atomic mass is 79.9. The number of ether oxygens (including phenoxy) is 1. The van der Waals surface area contributed by atoms with Crippen molar-refractivity contribution in [3.8, 4) is 5.75 Å². The Labute approximate surface area is 143 Å². The summed E-state index contributed by atoms with van der Waals surface area (Å²) in [5, 5.41) is 3.42. The Bertz CT molecular complexity index is 869. The first-order chi connectivity index (χ1) is 11.1. The fourth-order valence-electron chi connectivity index (χ4n) is 3.28. The molecule has 0 radical (unpaired) electrons. The third kappa shape index (κ3) is 2.56. The summed E-state index contributed by atoms with van der Waals surface area (Å²) in [6.07, 6.45) is 3.97. The van der Waals surface area contributed by atoms with Gasteiger partial charge in [-0.3, -0.25) is 4.98 Å². The van der Waals surface area contributed by atoms with E-state index in [-0.39, 0.29) is 9.79 Å². The van der Waals surface area contributed by atoms with Crippen LogP contribution in [0.3, 0.4) is 0 Å². The molecule has 5 nitrogen and oxygen atoms in total. The summed E-state index contributed by atoms with van der Waals surface area (Å²) in [4.78, 5) is 4.35. The number of nitrogens with zero attached hydrogens (tertiary/aromatic N) is 1. The average molecular weight is 395 g/mol. The van der Waals surface area contributed by atoms with Crippen LogP contribution in [0.5, 0.6) is 5.75 Å². The maximum absolute atomic E-state index is 12.8. The second-order valence-corrected chi connectivity index (χ2v) is 8.67. The zero-order valence-corrected chi connectivity index (χ0v) is 14.6. The number of sulfone groups is 1. The lowest BCUT2D eigenvalue weighted by Crippen LogP contribution is -2.35. The van der Waals surface area contributed by atoms with E-state index in [1.54, 1.807) is 24.4 Å². The minimum absolute atomic E-state index is 0.169. The molecule has 2 atom stereocenters. The molecule has 1 N–H and O–H groups in total. The molecule has 2 aliphatic heterocycles. The van der Waals surface area contributed by atoms with Gasteiger partial charge in [-0.2, -0.15) is 0 Å². The van der Waals surface area contributed by atoms with Crippen molar-refractivity contribution < 1.29 is 13.2 Å². The van der Waals surface area contributed by atoms with Gasteiger partial charge in [0.05, 0.1) is 9.79 Å². The van der Waals surface area contributed by atoms with E-state index >= 15 is 0 Å². The van der Waals surface area contributed by atoms with Crippen molar-refractivity contribution in [2.45, 2.75) is 28.2 Å². The van der Waals surface area contributed by atoms with Crippen LogP contribution in [0.1, 0.15) is 17.9 Å². The number of rotatable bonds is 2. The van der Waals surface area contributed by atoms with Crippen LogP contribution in [0.15, 0.2) is 50.9 Å². The first kappa shape index (κ1) is 15.1. The second kappa shape index (κ2) is 5.58. The number of nitrogens with one attached hydrogen (secondary N) is 1. The van der Waals surface area contributed by atoms with Crippen LogP contribution < -0.4 is 10.1 Å². The van der Waals surface area contributed by atoms with Gasteiger partial charge in [-0.15, -0.1) is 0 Å². The van der Waals surface area contributed by atoms with Gasteiger partial charge in [0.2, 0.25) is 9.84 Å². The first-order valence-corrected chi connectivity index (χ1v) is 9.69. The predicted octanol–water partition coefficient (Wildman–Crippen LogP) is 2.51. The largest absolute Gasteiger partial charge is 0.492 e. The molecule has 0 saturated carbocycles. The van der Waals surface area contributed by atoms with Crippen LogP contribution in [0.4, 0.5) is 0 Å². The summed E-state index contributed by atoms with van der Waals surface area (Å²) in [5.74, 6) is 1.09. The summed E-state index contributed by atoms with van der Waals surface area (Å²) in [7, 11) is -3.61. The highest BCUT2D eigenvalue weighted by Gasteiger charge is 2.35. The second-order valence-electron chi connectivity index (χ2n) is 5.81. The SMILES string of the molecule is O=S(=O)(c1cncc(Br)c1)c1ccc2c(c1)OCC1NCCC21. The minimum atomic E-state index is -3.61. The smallest absolute Gasteiger partial charge is 0.208 e. The number of fused-ring (bicyclic) bond motifs is 3. The molecule has 2 unspecified atom stereocenters. The third-order valence-electron chi connectivity index (χ3n) is 4.45. The Kier molecular flexibility index (Phi) is 3.66. The van der Waals surface area contributed by atoms with Crippen LogP contribution in [0.25, 0.3) is 0 Å². The lowest BCUT2D eigenvalue weighted by Gasteiger charge is -2.28. The maximum atomic E-state index is 12.8. The van der Waals surface area contributed by atoms with Gasteiger partial charge in [-0.05, 0) is 52.7 Å². The monoisotopic (exact) mass is 394 g/mol. The Balaban J connectivity index is 1.76. The van der Waals surface area contributed by atoms with Crippen LogP contribution in [-0.4, -0.2) is 32.6 Å². The van der Waals surface area contributed by atoms with E-state index in [1.165, 1.54) is 6.20 Å². The molecule has 2 aliphatic rings. The molecule has 1 aromatic heterocycles.